The van der Waals surface area contributed by atoms with E-state index < -0.39 is 0 Å². The van der Waals surface area contributed by atoms with E-state index in [4.69, 9.17) is 9.72 Å². The van der Waals surface area contributed by atoms with Crippen molar-refractivity contribution in [3.63, 3.8) is 0 Å². The van der Waals surface area contributed by atoms with Crippen molar-refractivity contribution in [2.45, 2.75) is 39.0 Å². The van der Waals surface area contributed by atoms with E-state index >= 15 is 0 Å². The molecule has 0 N–H and O–H groups in total. The van der Waals surface area contributed by atoms with Gasteiger partial charge in [0.25, 0.3) is 0 Å². The van der Waals surface area contributed by atoms with Crippen molar-refractivity contribution in [1.82, 2.24) is 4.98 Å². The molecule has 0 bridgehead atoms. The van der Waals surface area contributed by atoms with Crippen LogP contribution in [0, 0.1) is 5.92 Å². The summed E-state index contributed by atoms with van der Waals surface area (Å²) in [5.41, 5.74) is 2.77. The number of rotatable bonds is 4. The van der Waals surface area contributed by atoms with Gasteiger partial charge in [0.05, 0.1) is 13.2 Å². The lowest BCUT2D eigenvalue weighted by molar-refractivity contribution is 0.122. The summed E-state index contributed by atoms with van der Waals surface area (Å²) in [4.78, 5) is 7.32. The second-order valence-corrected chi connectivity index (χ2v) is 6.11. The molecule has 0 atom stereocenters. The Morgan fingerprint density at radius 1 is 1.26 bits per heavy atom. The van der Waals surface area contributed by atoms with Crippen LogP contribution in [0.2, 0.25) is 0 Å². The van der Waals surface area contributed by atoms with E-state index in [-0.39, 0.29) is 0 Å². The summed E-state index contributed by atoms with van der Waals surface area (Å²) in [6.07, 6.45) is 3.95. The van der Waals surface area contributed by atoms with E-state index in [0.717, 1.165) is 38.0 Å². The molecule has 1 aromatic heterocycles. The van der Waals surface area contributed by atoms with Crippen LogP contribution in [0.25, 0.3) is 0 Å². The van der Waals surface area contributed by atoms with Gasteiger partial charge < -0.3 is 9.64 Å². The third-order valence-corrected chi connectivity index (χ3v) is 4.13. The van der Waals surface area contributed by atoms with E-state index in [0.29, 0.717) is 5.92 Å². The molecule has 1 aliphatic carbocycles. The second kappa shape index (κ2) is 5.49. The van der Waals surface area contributed by atoms with Crippen LogP contribution >= 0.6 is 0 Å². The summed E-state index contributed by atoms with van der Waals surface area (Å²) in [7, 11) is 0. The lowest BCUT2D eigenvalue weighted by atomic mass is 9.98. The van der Waals surface area contributed by atoms with Crippen molar-refractivity contribution in [2.24, 2.45) is 5.92 Å². The van der Waals surface area contributed by atoms with Crippen molar-refractivity contribution in [3.05, 3.63) is 23.4 Å². The van der Waals surface area contributed by atoms with Crippen LogP contribution in [-0.4, -0.2) is 31.3 Å². The zero-order valence-corrected chi connectivity index (χ0v) is 12.1. The van der Waals surface area contributed by atoms with E-state index in [1.165, 1.54) is 30.5 Å². The summed E-state index contributed by atoms with van der Waals surface area (Å²) in [5.74, 6) is 2.60. The van der Waals surface area contributed by atoms with Crippen molar-refractivity contribution in [2.75, 3.05) is 31.2 Å². The number of pyridine rings is 1. The topological polar surface area (TPSA) is 25.4 Å². The Hall–Kier alpha value is -1.09. The molecule has 3 rings (SSSR count). The second-order valence-electron chi connectivity index (χ2n) is 6.11. The number of ether oxygens (including phenoxy) is 1. The van der Waals surface area contributed by atoms with Gasteiger partial charge in [-0.1, -0.05) is 19.9 Å². The van der Waals surface area contributed by atoms with Crippen LogP contribution in [0.1, 0.15) is 43.9 Å². The highest BCUT2D eigenvalue weighted by atomic mass is 16.5. The molecule has 0 radical (unpaired) electrons. The first kappa shape index (κ1) is 12.9. The zero-order chi connectivity index (χ0) is 13.2. The maximum atomic E-state index is 5.42. The van der Waals surface area contributed by atoms with Gasteiger partial charge in [-0.25, -0.2) is 4.98 Å². The molecule has 1 saturated heterocycles. The van der Waals surface area contributed by atoms with E-state index in [1.54, 1.807) is 0 Å². The smallest absolute Gasteiger partial charge is 0.128 e. The van der Waals surface area contributed by atoms with Crippen LogP contribution < -0.4 is 4.90 Å². The first-order chi connectivity index (χ1) is 9.24. The normalized spacial score (nSPS) is 20.1. The molecule has 2 fully saturated rings. The molecule has 0 spiro atoms. The van der Waals surface area contributed by atoms with Gasteiger partial charge in [-0.05, 0) is 42.7 Å². The third-order valence-electron chi connectivity index (χ3n) is 4.13. The van der Waals surface area contributed by atoms with Crippen molar-refractivity contribution >= 4 is 5.82 Å². The fourth-order valence-electron chi connectivity index (χ4n) is 2.75. The molecular weight excluding hydrogens is 236 g/mol. The first-order valence-electron chi connectivity index (χ1n) is 7.56. The Morgan fingerprint density at radius 2 is 2.00 bits per heavy atom. The largest absolute Gasteiger partial charge is 0.378 e. The Morgan fingerprint density at radius 3 is 2.63 bits per heavy atom. The Kier molecular flexibility index (Phi) is 3.74. The van der Waals surface area contributed by atoms with E-state index in [9.17, 15) is 0 Å². The van der Waals surface area contributed by atoms with Gasteiger partial charge >= 0.3 is 0 Å². The molecule has 1 aromatic rings. The summed E-state index contributed by atoms with van der Waals surface area (Å²) in [6, 6.07) is 4.48. The molecular formula is C16H24N2O. The van der Waals surface area contributed by atoms with Gasteiger partial charge in [-0.2, -0.15) is 0 Å². The quantitative estimate of drug-likeness (QED) is 0.832. The maximum Gasteiger partial charge on any atom is 0.128 e. The fourth-order valence-corrected chi connectivity index (χ4v) is 2.75. The number of hydrogen-bond donors (Lipinski definition) is 0. The van der Waals surface area contributed by atoms with Crippen molar-refractivity contribution in [3.8, 4) is 0 Å². The summed E-state index contributed by atoms with van der Waals surface area (Å²) >= 11 is 0. The molecule has 1 aliphatic heterocycles. The van der Waals surface area contributed by atoms with Crippen LogP contribution in [0.15, 0.2) is 12.1 Å². The minimum absolute atomic E-state index is 0.569. The summed E-state index contributed by atoms with van der Waals surface area (Å²) in [6.45, 7) is 8.12. The highest BCUT2D eigenvalue weighted by molar-refractivity contribution is 5.43. The van der Waals surface area contributed by atoms with Crippen LogP contribution in [0.5, 0.6) is 0 Å². The third kappa shape index (κ3) is 3.08. The molecule has 2 aliphatic rings. The Bertz CT molecular complexity index is 434. The average molecular weight is 260 g/mol. The van der Waals surface area contributed by atoms with Crippen LogP contribution in [0.3, 0.4) is 0 Å². The standard InChI is InChI=1S/C16H24N2O/c1-12(2)14-5-6-16(18-7-9-19-10-8-18)17-15(14)11-13-3-4-13/h5-6,12-13H,3-4,7-11H2,1-2H3. The number of aromatic nitrogens is 1. The van der Waals surface area contributed by atoms with Crippen LogP contribution in [0.4, 0.5) is 5.82 Å². The summed E-state index contributed by atoms with van der Waals surface area (Å²) in [5, 5.41) is 0. The maximum absolute atomic E-state index is 5.42. The Labute approximate surface area is 116 Å². The molecule has 3 nitrogen and oxygen atoms in total. The predicted octanol–water partition coefficient (Wildman–Crippen LogP) is 2.99. The van der Waals surface area contributed by atoms with Gasteiger partial charge in [0.2, 0.25) is 0 Å². The predicted molar refractivity (Wildman–Crippen MR) is 77.8 cm³/mol. The number of hydrogen-bond acceptors (Lipinski definition) is 3. The minimum Gasteiger partial charge on any atom is -0.378 e. The SMILES string of the molecule is CC(C)c1ccc(N2CCOCC2)nc1CC1CC1. The van der Waals surface area contributed by atoms with Gasteiger partial charge in [0.1, 0.15) is 5.82 Å². The molecule has 19 heavy (non-hydrogen) atoms. The number of morpholine rings is 1. The minimum atomic E-state index is 0.569. The molecule has 0 unspecified atom stereocenters. The van der Waals surface area contributed by atoms with Crippen molar-refractivity contribution in [1.29, 1.82) is 0 Å². The van der Waals surface area contributed by atoms with E-state index in [2.05, 4.69) is 30.9 Å². The fraction of sp³-hybridized carbons (Fsp3) is 0.688. The number of anilines is 1. The van der Waals surface area contributed by atoms with Crippen LogP contribution in [-0.2, 0) is 11.2 Å². The highest BCUT2D eigenvalue weighted by Gasteiger charge is 2.25. The lowest BCUT2D eigenvalue weighted by Crippen LogP contribution is -2.36. The van der Waals surface area contributed by atoms with Gasteiger partial charge in [0.15, 0.2) is 0 Å². The number of nitrogens with zero attached hydrogens (tertiary/aromatic N) is 2. The molecule has 1 saturated carbocycles. The first-order valence-corrected chi connectivity index (χ1v) is 7.56. The monoisotopic (exact) mass is 260 g/mol. The van der Waals surface area contributed by atoms with Gasteiger partial charge in [-0.3, -0.25) is 0 Å². The zero-order valence-electron chi connectivity index (χ0n) is 12.1. The van der Waals surface area contributed by atoms with Gasteiger partial charge in [-0.15, -0.1) is 0 Å². The Balaban J connectivity index is 1.84. The van der Waals surface area contributed by atoms with E-state index in [1.807, 2.05) is 0 Å². The molecule has 2 heterocycles. The van der Waals surface area contributed by atoms with Gasteiger partial charge in [0, 0.05) is 18.8 Å². The molecule has 104 valence electrons. The average Bonchev–Trinajstić information content (AvgIpc) is 3.23. The van der Waals surface area contributed by atoms with Crippen molar-refractivity contribution < 1.29 is 4.74 Å². The summed E-state index contributed by atoms with van der Waals surface area (Å²) < 4.78 is 5.42. The molecule has 0 amide bonds. The highest BCUT2D eigenvalue weighted by Crippen LogP contribution is 2.34. The molecule has 0 aromatic carbocycles. The molecule has 3 heteroatoms. The lowest BCUT2D eigenvalue weighted by Gasteiger charge is -2.28.